The van der Waals surface area contributed by atoms with Gasteiger partial charge in [-0.25, -0.2) is 5.10 Å². The summed E-state index contributed by atoms with van der Waals surface area (Å²) < 4.78 is 0. The standard InChI is InChI=1S/C21H14Cl2N4O4S/c22-12-6-5-11(15(23)10-12)9-16-20(30)27(21(31)32-16)8-7-24-19(29)17-13-3-1-2-4-14(13)18(28)26-25-17/h1-6,9-10H,7-8H2,(H,24,29)(H,26,28)/b16-9-. The maximum absolute atomic E-state index is 12.6. The maximum Gasteiger partial charge on any atom is 0.293 e. The number of rotatable bonds is 5. The Labute approximate surface area is 195 Å². The third-order valence-corrected chi connectivity index (χ3v) is 6.12. The lowest BCUT2D eigenvalue weighted by Crippen LogP contribution is -2.37. The van der Waals surface area contributed by atoms with Crippen LogP contribution in [0.3, 0.4) is 0 Å². The second-order valence-electron chi connectivity index (χ2n) is 6.70. The number of nitrogens with one attached hydrogen (secondary N) is 2. The molecule has 3 aromatic rings. The minimum absolute atomic E-state index is 0.0149. The van der Waals surface area contributed by atoms with Crippen molar-refractivity contribution in [1.29, 1.82) is 0 Å². The largest absolute Gasteiger partial charge is 0.349 e. The Bertz CT molecular complexity index is 1360. The number of hydrogen-bond acceptors (Lipinski definition) is 6. The Morgan fingerprint density at radius 3 is 2.62 bits per heavy atom. The highest BCUT2D eigenvalue weighted by Gasteiger charge is 2.34. The lowest BCUT2D eigenvalue weighted by Gasteiger charge is -2.13. The zero-order valence-corrected chi connectivity index (χ0v) is 18.6. The van der Waals surface area contributed by atoms with Crippen molar-refractivity contribution in [2.75, 3.05) is 13.1 Å². The van der Waals surface area contributed by atoms with Crippen LogP contribution >= 0.6 is 35.0 Å². The van der Waals surface area contributed by atoms with Crippen LogP contribution in [0.1, 0.15) is 16.1 Å². The number of H-pyrrole nitrogens is 1. The summed E-state index contributed by atoms with van der Waals surface area (Å²) in [5.41, 5.74) is 0.208. The number of amides is 3. The van der Waals surface area contributed by atoms with Gasteiger partial charge in [-0.05, 0) is 41.6 Å². The molecule has 1 fully saturated rings. The number of carbonyl (C=O) groups excluding carboxylic acids is 3. The minimum Gasteiger partial charge on any atom is -0.349 e. The molecule has 2 N–H and O–H groups in total. The van der Waals surface area contributed by atoms with Gasteiger partial charge >= 0.3 is 0 Å². The van der Waals surface area contributed by atoms with Gasteiger partial charge in [0, 0.05) is 28.5 Å². The number of fused-ring (bicyclic) bond motifs is 1. The molecule has 0 bridgehead atoms. The highest BCUT2D eigenvalue weighted by Crippen LogP contribution is 2.33. The van der Waals surface area contributed by atoms with Gasteiger partial charge in [0.25, 0.3) is 22.6 Å². The van der Waals surface area contributed by atoms with E-state index in [0.29, 0.717) is 26.4 Å². The van der Waals surface area contributed by atoms with Crippen molar-refractivity contribution in [3.8, 4) is 0 Å². The van der Waals surface area contributed by atoms with Gasteiger partial charge in [0.1, 0.15) is 0 Å². The van der Waals surface area contributed by atoms with Crippen molar-refractivity contribution in [2.24, 2.45) is 0 Å². The molecular weight excluding hydrogens is 475 g/mol. The van der Waals surface area contributed by atoms with Crippen LogP contribution in [0.5, 0.6) is 0 Å². The number of thioether (sulfide) groups is 1. The van der Waals surface area contributed by atoms with Gasteiger partial charge in [0.05, 0.1) is 10.3 Å². The summed E-state index contributed by atoms with van der Waals surface area (Å²) in [4.78, 5) is 50.6. The maximum atomic E-state index is 12.6. The predicted molar refractivity (Wildman–Crippen MR) is 124 cm³/mol. The van der Waals surface area contributed by atoms with Crippen LogP contribution < -0.4 is 10.9 Å². The van der Waals surface area contributed by atoms with Gasteiger partial charge in [-0.3, -0.25) is 24.1 Å². The third-order valence-electron chi connectivity index (χ3n) is 4.65. The molecule has 0 saturated carbocycles. The fourth-order valence-corrected chi connectivity index (χ4v) is 4.42. The quantitative estimate of drug-likeness (QED) is 0.529. The van der Waals surface area contributed by atoms with Crippen molar-refractivity contribution in [3.63, 3.8) is 0 Å². The van der Waals surface area contributed by atoms with Crippen LogP contribution in [-0.4, -0.2) is 45.2 Å². The van der Waals surface area contributed by atoms with Gasteiger partial charge in [-0.1, -0.05) is 47.5 Å². The highest BCUT2D eigenvalue weighted by atomic mass is 35.5. The van der Waals surface area contributed by atoms with E-state index < -0.39 is 22.6 Å². The van der Waals surface area contributed by atoms with Crippen LogP contribution in [0.25, 0.3) is 16.8 Å². The molecule has 0 atom stereocenters. The molecule has 32 heavy (non-hydrogen) atoms. The van der Waals surface area contributed by atoms with Crippen LogP contribution in [0.2, 0.25) is 10.0 Å². The summed E-state index contributed by atoms with van der Waals surface area (Å²) in [6, 6.07) is 11.4. The van der Waals surface area contributed by atoms with Gasteiger partial charge in [-0.2, -0.15) is 5.10 Å². The molecular formula is C21H14Cl2N4O4S. The summed E-state index contributed by atoms with van der Waals surface area (Å²) in [5.74, 6) is -1.01. The molecule has 1 aromatic heterocycles. The molecule has 0 aliphatic carbocycles. The summed E-state index contributed by atoms with van der Waals surface area (Å²) in [5, 5.41) is 9.85. The van der Waals surface area contributed by atoms with Gasteiger partial charge < -0.3 is 5.32 Å². The molecule has 4 rings (SSSR count). The molecule has 1 aliphatic heterocycles. The van der Waals surface area contributed by atoms with E-state index in [0.717, 1.165) is 16.7 Å². The number of nitrogens with zero attached hydrogens (tertiary/aromatic N) is 2. The highest BCUT2D eigenvalue weighted by molar-refractivity contribution is 8.18. The first-order valence-corrected chi connectivity index (χ1v) is 10.9. The van der Waals surface area contributed by atoms with E-state index in [2.05, 4.69) is 15.5 Å². The minimum atomic E-state index is -0.534. The number of aromatic nitrogens is 2. The molecule has 0 spiro atoms. The molecule has 11 heteroatoms. The lowest BCUT2D eigenvalue weighted by atomic mass is 10.1. The summed E-state index contributed by atoms with van der Waals surface area (Å²) in [6.07, 6.45) is 1.53. The summed E-state index contributed by atoms with van der Waals surface area (Å²) >= 11 is 12.8. The smallest absolute Gasteiger partial charge is 0.293 e. The number of halogens is 2. The van der Waals surface area contributed by atoms with Crippen LogP contribution in [0.4, 0.5) is 4.79 Å². The van der Waals surface area contributed by atoms with E-state index in [9.17, 15) is 19.2 Å². The lowest BCUT2D eigenvalue weighted by molar-refractivity contribution is -0.122. The molecule has 0 unspecified atom stereocenters. The number of carbonyl (C=O) groups is 3. The Kier molecular flexibility index (Phi) is 6.31. The monoisotopic (exact) mass is 488 g/mol. The van der Waals surface area contributed by atoms with E-state index in [1.54, 1.807) is 42.5 Å². The van der Waals surface area contributed by atoms with Crippen molar-refractivity contribution in [3.05, 3.63) is 79.0 Å². The Hall–Kier alpha value is -3.14. The number of benzene rings is 2. The molecule has 1 saturated heterocycles. The third kappa shape index (κ3) is 4.40. The second kappa shape index (κ2) is 9.15. The zero-order chi connectivity index (χ0) is 22.8. The van der Waals surface area contributed by atoms with E-state index >= 15 is 0 Å². The van der Waals surface area contributed by atoms with E-state index in [-0.39, 0.29) is 23.7 Å². The first-order chi connectivity index (χ1) is 15.3. The summed E-state index contributed by atoms with van der Waals surface area (Å²) in [7, 11) is 0. The molecule has 162 valence electrons. The van der Waals surface area contributed by atoms with E-state index in [1.165, 1.54) is 6.08 Å². The molecule has 1 aliphatic rings. The van der Waals surface area contributed by atoms with Gasteiger partial charge in [-0.15, -0.1) is 0 Å². The average Bonchev–Trinajstić information content (AvgIpc) is 3.03. The van der Waals surface area contributed by atoms with Gasteiger partial charge in [0.2, 0.25) is 0 Å². The number of hydrogen-bond donors (Lipinski definition) is 2. The number of imide groups is 1. The topological polar surface area (TPSA) is 112 Å². The number of aromatic amines is 1. The van der Waals surface area contributed by atoms with Crippen LogP contribution in [0, 0.1) is 0 Å². The zero-order valence-electron chi connectivity index (χ0n) is 16.2. The van der Waals surface area contributed by atoms with Crippen LogP contribution in [0.15, 0.2) is 52.2 Å². The second-order valence-corrected chi connectivity index (χ2v) is 8.54. The van der Waals surface area contributed by atoms with Crippen molar-refractivity contribution >= 4 is 68.9 Å². The Morgan fingerprint density at radius 1 is 1.12 bits per heavy atom. The first kappa shape index (κ1) is 22.1. The van der Waals surface area contributed by atoms with Crippen LogP contribution in [-0.2, 0) is 4.79 Å². The molecule has 0 radical (unpaired) electrons. The Morgan fingerprint density at radius 2 is 1.88 bits per heavy atom. The summed E-state index contributed by atoms with van der Waals surface area (Å²) in [6.45, 7) is -0.00955. The van der Waals surface area contributed by atoms with E-state index in [4.69, 9.17) is 23.2 Å². The van der Waals surface area contributed by atoms with Crippen molar-refractivity contribution in [1.82, 2.24) is 20.4 Å². The predicted octanol–water partition coefficient (Wildman–Crippen LogP) is 3.70. The molecule has 2 heterocycles. The molecule has 3 amide bonds. The van der Waals surface area contributed by atoms with Crippen molar-refractivity contribution in [2.45, 2.75) is 0 Å². The normalized spacial score (nSPS) is 15.1. The van der Waals surface area contributed by atoms with E-state index in [1.807, 2.05) is 0 Å². The average molecular weight is 489 g/mol. The molecule has 8 nitrogen and oxygen atoms in total. The first-order valence-electron chi connectivity index (χ1n) is 9.31. The van der Waals surface area contributed by atoms with Gasteiger partial charge in [0.15, 0.2) is 5.69 Å². The molecule has 2 aromatic carbocycles. The fraction of sp³-hybridized carbons (Fsp3) is 0.0952. The SMILES string of the molecule is O=C(NCCN1C(=O)S/C(=C\c2ccc(Cl)cc2Cl)C1=O)c1n[nH]c(=O)c2ccccc12. The fourth-order valence-electron chi connectivity index (χ4n) is 3.11. The Balaban J connectivity index is 1.43. The van der Waals surface area contributed by atoms with Crippen molar-refractivity contribution < 1.29 is 14.4 Å².